The van der Waals surface area contributed by atoms with E-state index in [4.69, 9.17) is 5.73 Å². The lowest BCUT2D eigenvalue weighted by Crippen LogP contribution is -2.08. The average molecular weight is 269 g/mol. The van der Waals surface area contributed by atoms with Crippen LogP contribution in [0.3, 0.4) is 0 Å². The smallest absolute Gasteiger partial charge is 0.0396 e. The van der Waals surface area contributed by atoms with Gasteiger partial charge in [-0.2, -0.15) is 0 Å². The van der Waals surface area contributed by atoms with Gasteiger partial charge in [0.2, 0.25) is 0 Å². The molecule has 1 heterocycles. The Kier molecular flexibility index (Phi) is 3.28. The van der Waals surface area contributed by atoms with E-state index in [0.29, 0.717) is 0 Å². The Morgan fingerprint density at radius 3 is 2.63 bits per heavy atom. The summed E-state index contributed by atoms with van der Waals surface area (Å²) in [5.74, 6) is 0. The molecule has 0 unspecified atom stereocenters. The Morgan fingerprint density at radius 1 is 1.11 bits per heavy atom. The molecule has 3 rings (SSSR count). The summed E-state index contributed by atoms with van der Waals surface area (Å²) in [7, 11) is 0. The first kappa shape index (κ1) is 12.6. The van der Waals surface area contributed by atoms with E-state index in [2.05, 4.69) is 44.2 Å². The molecule has 0 saturated heterocycles. The Hall–Kier alpha value is -1.41. The molecule has 0 aliphatic carbocycles. The third-order valence-corrected chi connectivity index (χ3v) is 5.14. The Labute approximate surface area is 119 Å². The minimum atomic E-state index is 0.974. The third-order valence-electron chi connectivity index (χ3n) is 3.93. The van der Waals surface area contributed by atoms with Crippen molar-refractivity contribution in [2.75, 3.05) is 5.73 Å². The summed E-state index contributed by atoms with van der Waals surface area (Å²) in [5.41, 5.74) is 13.0. The van der Waals surface area contributed by atoms with Crippen molar-refractivity contribution in [1.29, 1.82) is 0 Å². The van der Waals surface area contributed by atoms with Gasteiger partial charge in [0, 0.05) is 21.9 Å². The zero-order valence-corrected chi connectivity index (χ0v) is 12.3. The molecule has 2 heteroatoms. The van der Waals surface area contributed by atoms with Gasteiger partial charge in [0.15, 0.2) is 0 Å². The van der Waals surface area contributed by atoms with Crippen LogP contribution in [0.1, 0.15) is 36.1 Å². The monoisotopic (exact) mass is 269 g/mol. The van der Waals surface area contributed by atoms with Crippen LogP contribution in [0.15, 0.2) is 40.1 Å². The van der Waals surface area contributed by atoms with E-state index in [-0.39, 0.29) is 0 Å². The lowest BCUT2D eigenvalue weighted by molar-refractivity contribution is 0.985. The second kappa shape index (κ2) is 4.93. The van der Waals surface area contributed by atoms with E-state index < -0.39 is 0 Å². The summed E-state index contributed by atoms with van der Waals surface area (Å²) in [6, 6.07) is 11.0. The zero-order chi connectivity index (χ0) is 13.4. The first-order valence-electron chi connectivity index (χ1n) is 6.93. The van der Waals surface area contributed by atoms with E-state index in [9.17, 15) is 0 Å². The molecule has 0 atom stereocenters. The van der Waals surface area contributed by atoms with Crippen LogP contribution in [0.4, 0.5) is 5.69 Å². The minimum absolute atomic E-state index is 0.974. The van der Waals surface area contributed by atoms with Gasteiger partial charge in [0.05, 0.1) is 0 Å². The number of nitrogen functional groups attached to an aromatic ring is 1. The molecule has 2 aromatic carbocycles. The molecule has 0 bridgehead atoms. The zero-order valence-electron chi connectivity index (χ0n) is 11.5. The molecule has 2 N–H and O–H groups in total. The van der Waals surface area contributed by atoms with Crippen LogP contribution in [-0.2, 0) is 19.3 Å². The van der Waals surface area contributed by atoms with Gasteiger partial charge in [-0.25, -0.2) is 0 Å². The quantitative estimate of drug-likeness (QED) is 0.696. The van der Waals surface area contributed by atoms with E-state index in [1.54, 1.807) is 0 Å². The highest BCUT2D eigenvalue weighted by Gasteiger charge is 2.20. The van der Waals surface area contributed by atoms with Gasteiger partial charge in [-0.05, 0) is 47.2 Å². The van der Waals surface area contributed by atoms with Gasteiger partial charge in [-0.15, -0.1) is 0 Å². The fourth-order valence-corrected chi connectivity index (χ4v) is 4.05. The SMILES string of the molecule is CCc1cc2c(c(N)c1CC)Cc1ccccc1S2. The van der Waals surface area contributed by atoms with Crippen LogP contribution in [-0.4, -0.2) is 0 Å². The summed E-state index contributed by atoms with van der Waals surface area (Å²) in [6.45, 7) is 4.41. The lowest BCUT2D eigenvalue weighted by Gasteiger charge is -2.24. The number of fused-ring (bicyclic) bond motifs is 2. The number of aryl methyl sites for hydroxylation is 1. The van der Waals surface area contributed by atoms with Crippen LogP contribution in [0.2, 0.25) is 0 Å². The molecular formula is C17H19NS. The largest absolute Gasteiger partial charge is 0.398 e. The molecule has 1 nitrogen and oxygen atoms in total. The molecule has 1 aliphatic rings. The molecule has 19 heavy (non-hydrogen) atoms. The minimum Gasteiger partial charge on any atom is -0.398 e. The molecule has 0 fully saturated rings. The summed E-state index contributed by atoms with van der Waals surface area (Å²) < 4.78 is 0. The highest BCUT2D eigenvalue weighted by molar-refractivity contribution is 7.99. The highest BCUT2D eigenvalue weighted by Crippen LogP contribution is 2.43. The number of hydrogen-bond donors (Lipinski definition) is 1. The molecule has 0 saturated carbocycles. The molecule has 98 valence electrons. The van der Waals surface area contributed by atoms with E-state index in [1.807, 2.05) is 11.8 Å². The van der Waals surface area contributed by atoms with Gasteiger partial charge >= 0.3 is 0 Å². The van der Waals surface area contributed by atoms with E-state index in [0.717, 1.165) is 24.9 Å². The number of nitrogens with two attached hydrogens (primary N) is 1. The van der Waals surface area contributed by atoms with Crippen LogP contribution in [0.5, 0.6) is 0 Å². The van der Waals surface area contributed by atoms with Crippen LogP contribution in [0, 0.1) is 0 Å². The van der Waals surface area contributed by atoms with Gasteiger partial charge in [0.25, 0.3) is 0 Å². The van der Waals surface area contributed by atoms with Crippen LogP contribution in [0.25, 0.3) is 0 Å². The summed E-state index contributed by atoms with van der Waals surface area (Å²) in [5, 5.41) is 0. The molecule has 0 radical (unpaired) electrons. The topological polar surface area (TPSA) is 26.0 Å². The number of benzene rings is 2. The van der Waals surface area contributed by atoms with Crippen molar-refractivity contribution in [3.63, 3.8) is 0 Å². The summed E-state index contributed by atoms with van der Waals surface area (Å²) in [6.07, 6.45) is 3.05. The van der Waals surface area contributed by atoms with E-state index in [1.165, 1.54) is 32.0 Å². The first-order valence-corrected chi connectivity index (χ1v) is 7.75. The Bertz CT molecular complexity index is 631. The standard InChI is InChI=1S/C17H19NS/c1-3-11-10-16-14(17(18)13(11)4-2)9-12-7-5-6-8-15(12)19-16/h5-8,10H,3-4,9,18H2,1-2H3. The van der Waals surface area contributed by atoms with Gasteiger partial charge in [0.1, 0.15) is 0 Å². The molecule has 2 aromatic rings. The third kappa shape index (κ3) is 2.04. The number of hydrogen-bond acceptors (Lipinski definition) is 2. The van der Waals surface area contributed by atoms with Crippen molar-refractivity contribution < 1.29 is 0 Å². The van der Waals surface area contributed by atoms with Gasteiger partial charge in [-0.1, -0.05) is 43.8 Å². The van der Waals surface area contributed by atoms with Crippen molar-refractivity contribution in [3.05, 3.63) is 52.6 Å². The van der Waals surface area contributed by atoms with Crippen molar-refractivity contribution in [1.82, 2.24) is 0 Å². The molecule has 0 aromatic heterocycles. The summed E-state index contributed by atoms with van der Waals surface area (Å²) in [4.78, 5) is 2.73. The second-order valence-electron chi connectivity index (χ2n) is 5.00. The van der Waals surface area contributed by atoms with Crippen LogP contribution < -0.4 is 5.73 Å². The predicted molar refractivity (Wildman–Crippen MR) is 83.0 cm³/mol. The summed E-state index contributed by atoms with van der Waals surface area (Å²) >= 11 is 1.87. The van der Waals surface area contributed by atoms with Crippen molar-refractivity contribution >= 4 is 17.4 Å². The van der Waals surface area contributed by atoms with E-state index >= 15 is 0 Å². The van der Waals surface area contributed by atoms with Gasteiger partial charge in [-0.3, -0.25) is 0 Å². The molecule has 0 spiro atoms. The molecule has 0 amide bonds. The maximum absolute atomic E-state index is 6.43. The fraction of sp³-hybridized carbons (Fsp3) is 0.294. The molecule has 1 aliphatic heterocycles. The predicted octanol–water partition coefficient (Wildman–Crippen LogP) is 4.45. The normalized spacial score (nSPS) is 12.9. The maximum atomic E-state index is 6.43. The fourth-order valence-electron chi connectivity index (χ4n) is 2.89. The Balaban J connectivity index is 2.15. The first-order chi connectivity index (χ1) is 9.24. The molecular weight excluding hydrogens is 250 g/mol. The van der Waals surface area contributed by atoms with Gasteiger partial charge < -0.3 is 5.73 Å². The van der Waals surface area contributed by atoms with Crippen molar-refractivity contribution in [2.24, 2.45) is 0 Å². The number of anilines is 1. The van der Waals surface area contributed by atoms with Crippen LogP contribution >= 0.6 is 11.8 Å². The van der Waals surface area contributed by atoms with Crippen molar-refractivity contribution in [2.45, 2.75) is 42.9 Å². The average Bonchev–Trinajstić information content (AvgIpc) is 2.45. The number of rotatable bonds is 2. The highest BCUT2D eigenvalue weighted by atomic mass is 32.2. The Morgan fingerprint density at radius 2 is 1.89 bits per heavy atom. The lowest BCUT2D eigenvalue weighted by atomic mass is 9.93. The van der Waals surface area contributed by atoms with Crippen molar-refractivity contribution in [3.8, 4) is 0 Å². The maximum Gasteiger partial charge on any atom is 0.0396 e. The second-order valence-corrected chi connectivity index (χ2v) is 6.08.